The summed E-state index contributed by atoms with van der Waals surface area (Å²) in [5.74, 6) is 1.49. The number of ether oxygens (including phenoxy) is 1. The minimum absolute atomic E-state index is 0.0446. The number of thioether (sulfide) groups is 1. The van der Waals surface area contributed by atoms with Crippen LogP contribution in [0, 0.1) is 5.41 Å². The molecule has 9 heteroatoms. The van der Waals surface area contributed by atoms with Gasteiger partial charge < -0.3 is 9.84 Å². The van der Waals surface area contributed by atoms with Gasteiger partial charge in [-0.3, -0.25) is 9.05 Å². The Morgan fingerprint density at radius 2 is 2.05 bits per heavy atom. The van der Waals surface area contributed by atoms with Gasteiger partial charge in [-0.1, -0.05) is 13.8 Å². The number of hydrogen-bond donors (Lipinski definition) is 1. The Morgan fingerprint density at radius 3 is 2.50 bits per heavy atom. The average molecular weight is 344 g/mol. The lowest BCUT2D eigenvalue weighted by Gasteiger charge is -2.39. The molecular weight excluding hydrogens is 323 g/mol. The zero-order valence-electron chi connectivity index (χ0n) is 11.9. The van der Waals surface area contributed by atoms with E-state index in [1.54, 1.807) is 18.7 Å². The standard InChI is InChI=1S/C11H21O6PS2/c1-4-19-5-6-20-18(14)16-7-11(2,8-17-18)9(15-3)10(12)13/h9H,4-8H2,1-3H3,(H,12,13). The summed E-state index contributed by atoms with van der Waals surface area (Å²) in [5, 5.41) is 9.11. The van der Waals surface area contributed by atoms with Crippen molar-refractivity contribution in [1.82, 2.24) is 0 Å². The van der Waals surface area contributed by atoms with E-state index in [0.29, 0.717) is 5.75 Å². The zero-order chi connectivity index (χ0) is 15.2. The molecule has 6 nitrogen and oxygen atoms in total. The second-order valence-electron chi connectivity index (χ2n) is 4.63. The Balaban J connectivity index is 2.53. The summed E-state index contributed by atoms with van der Waals surface area (Å²) >= 11 is 2.93. The van der Waals surface area contributed by atoms with E-state index in [1.807, 2.05) is 0 Å². The molecule has 118 valence electrons. The summed E-state index contributed by atoms with van der Waals surface area (Å²) in [7, 11) is 1.33. The Bertz CT molecular complexity index is 366. The fraction of sp³-hybridized carbons (Fsp3) is 0.909. The molecule has 0 bridgehead atoms. The maximum atomic E-state index is 12.3. The van der Waals surface area contributed by atoms with E-state index in [-0.39, 0.29) is 13.2 Å². The summed E-state index contributed by atoms with van der Waals surface area (Å²) in [6, 6.07) is 0. The first-order chi connectivity index (χ1) is 9.37. The monoisotopic (exact) mass is 344 g/mol. The third-order valence-corrected chi connectivity index (χ3v) is 7.76. The van der Waals surface area contributed by atoms with E-state index in [9.17, 15) is 9.36 Å². The van der Waals surface area contributed by atoms with Crippen molar-refractivity contribution in [2.24, 2.45) is 5.41 Å². The quantitative estimate of drug-likeness (QED) is 0.532. The highest BCUT2D eigenvalue weighted by molar-refractivity contribution is 8.55. The van der Waals surface area contributed by atoms with Gasteiger partial charge >= 0.3 is 12.8 Å². The highest BCUT2D eigenvalue weighted by Gasteiger charge is 2.47. The van der Waals surface area contributed by atoms with Crippen LogP contribution in [0.15, 0.2) is 0 Å². The van der Waals surface area contributed by atoms with Crippen molar-refractivity contribution in [3.05, 3.63) is 0 Å². The second-order valence-corrected chi connectivity index (χ2v) is 10.2. The van der Waals surface area contributed by atoms with Gasteiger partial charge in [-0.25, -0.2) is 9.36 Å². The highest BCUT2D eigenvalue weighted by Crippen LogP contribution is 2.64. The predicted molar refractivity (Wildman–Crippen MR) is 81.5 cm³/mol. The molecule has 0 aromatic heterocycles. The van der Waals surface area contributed by atoms with Crippen molar-refractivity contribution in [2.75, 3.05) is 37.6 Å². The molecule has 0 aromatic rings. The molecule has 1 heterocycles. The van der Waals surface area contributed by atoms with E-state index in [4.69, 9.17) is 18.9 Å². The highest BCUT2D eigenvalue weighted by atomic mass is 32.7. The summed E-state index contributed by atoms with van der Waals surface area (Å²) in [4.78, 5) is 11.1. The molecule has 20 heavy (non-hydrogen) atoms. The van der Waals surface area contributed by atoms with Crippen LogP contribution in [-0.2, 0) is 23.1 Å². The SMILES string of the molecule is CCSCCSP1(=O)OCC(C)(C(OC)C(=O)O)CO1. The minimum atomic E-state index is -3.16. The number of carbonyl (C=O) groups is 1. The summed E-state index contributed by atoms with van der Waals surface area (Å²) in [6.07, 6.45) is -1.04. The van der Waals surface area contributed by atoms with Crippen LogP contribution in [0.3, 0.4) is 0 Å². The molecule has 0 spiro atoms. The third-order valence-electron chi connectivity index (χ3n) is 2.88. The van der Waals surface area contributed by atoms with Crippen molar-refractivity contribution in [2.45, 2.75) is 20.0 Å². The van der Waals surface area contributed by atoms with Crippen molar-refractivity contribution < 1.29 is 28.3 Å². The maximum Gasteiger partial charge on any atom is 0.389 e. The molecule has 0 saturated carbocycles. The number of carboxylic acids is 1. The zero-order valence-corrected chi connectivity index (χ0v) is 14.4. The summed E-state index contributed by atoms with van der Waals surface area (Å²) < 4.78 is 27.9. The first-order valence-electron chi connectivity index (χ1n) is 6.24. The summed E-state index contributed by atoms with van der Waals surface area (Å²) in [6.45, 7) is 0.684. The van der Waals surface area contributed by atoms with Gasteiger partial charge in [0.1, 0.15) is 0 Å². The molecule has 1 atom stereocenters. The van der Waals surface area contributed by atoms with Crippen molar-refractivity contribution >= 4 is 35.9 Å². The van der Waals surface area contributed by atoms with Gasteiger partial charge in [-0.05, 0) is 17.1 Å². The van der Waals surface area contributed by atoms with Gasteiger partial charge in [0.05, 0.1) is 18.6 Å². The van der Waals surface area contributed by atoms with E-state index >= 15 is 0 Å². The molecule has 1 rings (SSSR count). The fourth-order valence-corrected chi connectivity index (χ4v) is 6.31. The van der Waals surface area contributed by atoms with Crippen LogP contribution in [0.4, 0.5) is 0 Å². The van der Waals surface area contributed by atoms with Crippen LogP contribution < -0.4 is 0 Å². The molecule has 1 saturated heterocycles. The van der Waals surface area contributed by atoms with E-state index in [1.165, 1.54) is 18.5 Å². The normalized spacial score (nSPS) is 31.9. The third kappa shape index (κ3) is 4.93. The minimum Gasteiger partial charge on any atom is -0.479 e. The van der Waals surface area contributed by atoms with Crippen molar-refractivity contribution in [1.29, 1.82) is 0 Å². The number of aliphatic carboxylic acids is 1. The van der Waals surface area contributed by atoms with Gasteiger partial charge in [0.15, 0.2) is 6.10 Å². The first-order valence-corrected chi connectivity index (χ1v) is 10.5. The molecular formula is C11H21O6PS2. The average Bonchev–Trinajstić information content (AvgIpc) is 2.39. The molecule has 1 fully saturated rings. The number of rotatable bonds is 8. The molecule has 1 N–H and O–H groups in total. The van der Waals surface area contributed by atoms with Crippen molar-refractivity contribution in [3.63, 3.8) is 0 Å². The summed E-state index contributed by atoms with van der Waals surface area (Å²) in [5.41, 5.74) is -0.840. The topological polar surface area (TPSA) is 82.1 Å². The lowest BCUT2D eigenvalue weighted by atomic mass is 9.86. The molecule has 0 radical (unpaired) electrons. The van der Waals surface area contributed by atoms with E-state index < -0.39 is 24.3 Å². The lowest BCUT2D eigenvalue weighted by molar-refractivity contribution is -0.163. The number of hydrogen-bond acceptors (Lipinski definition) is 7. The molecule has 1 aliphatic heterocycles. The molecule has 0 aliphatic carbocycles. The van der Waals surface area contributed by atoms with Crippen LogP contribution in [0.5, 0.6) is 0 Å². The maximum absolute atomic E-state index is 12.3. The van der Waals surface area contributed by atoms with Gasteiger partial charge in [-0.15, -0.1) is 0 Å². The van der Waals surface area contributed by atoms with E-state index in [2.05, 4.69) is 6.92 Å². The lowest BCUT2D eigenvalue weighted by Crippen LogP contribution is -2.48. The van der Waals surface area contributed by atoms with Gasteiger partial charge in [0.2, 0.25) is 0 Å². The van der Waals surface area contributed by atoms with Gasteiger partial charge in [0.25, 0.3) is 0 Å². The van der Waals surface area contributed by atoms with Crippen LogP contribution in [0.25, 0.3) is 0 Å². The van der Waals surface area contributed by atoms with Crippen LogP contribution in [-0.4, -0.2) is 54.8 Å². The molecule has 1 aliphatic rings. The van der Waals surface area contributed by atoms with Crippen LogP contribution >= 0.6 is 29.9 Å². The van der Waals surface area contributed by atoms with Gasteiger partial charge in [0, 0.05) is 18.6 Å². The molecule has 0 aromatic carbocycles. The smallest absolute Gasteiger partial charge is 0.389 e. The Kier molecular flexibility index (Phi) is 7.38. The predicted octanol–water partition coefficient (Wildman–Crippen LogP) is 2.73. The number of methoxy groups -OCH3 is 1. The Morgan fingerprint density at radius 1 is 1.45 bits per heavy atom. The van der Waals surface area contributed by atoms with E-state index in [0.717, 1.165) is 11.5 Å². The Hall–Kier alpha value is 0.280. The van der Waals surface area contributed by atoms with Crippen molar-refractivity contribution in [3.8, 4) is 0 Å². The van der Waals surface area contributed by atoms with Gasteiger partial charge in [-0.2, -0.15) is 11.8 Å². The Labute approximate surface area is 127 Å². The van der Waals surface area contributed by atoms with Crippen LogP contribution in [0.2, 0.25) is 0 Å². The molecule has 1 unspecified atom stereocenters. The second kappa shape index (κ2) is 8.06. The first kappa shape index (κ1) is 18.3. The molecule has 0 amide bonds. The largest absolute Gasteiger partial charge is 0.479 e. The van der Waals surface area contributed by atoms with Crippen LogP contribution in [0.1, 0.15) is 13.8 Å². The fourth-order valence-electron chi connectivity index (χ4n) is 1.79. The number of carboxylic acid groups (broad SMARTS) is 1.